The highest BCUT2D eigenvalue weighted by Gasteiger charge is 2.49. The molecule has 7 heteroatoms. The highest BCUT2D eigenvalue weighted by Crippen LogP contribution is 2.44. The van der Waals surface area contributed by atoms with Crippen LogP contribution in [0.4, 0.5) is 0 Å². The average Bonchev–Trinajstić information content (AvgIpc) is 1.86. The Morgan fingerprint density at radius 3 is 2.17 bits per heavy atom. The summed E-state index contributed by atoms with van der Waals surface area (Å²) in [5, 5.41) is -1.99. The molecule has 1 atom stereocenters. The molecular weight excluding hydrogens is 248 g/mol. The number of carbonyl (C=O) groups excluding carboxylic acids is 1. The lowest BCUT2D eigenvalue weighted by molar-refractivity contribution is 0.0374. The van der Waals surface area contributed by atoms with E-state index >= 15 is 0 Å². The van der Waals surface area contributed by atoms with E-state index in [1.807, 2.05) is 0 Å². The van der Waals surface area contributed by atoms with Gasteiger partial charge in [0.15, 0.2) is 0 Å². The van der Waals surface area contributed by atoms with E-state index in [-0.39, 0.29) is 6.61 Å². The molecule has 0 saturated carbocycles. The van der Waals surface area contributed by atoms with Crippen LogP contribution in [0.25, 0.3) is 0 Å². The Balaban J connectivity index is 4.73. The molecule has 0 bridgehead atoms. The summed E-state index contributed by atoms with van der Waals surface area (Å²) >= 11 is 21.8. The highest BCUT2D eigenvalue weighted by molar-refractivity contribution is 6.70. The van der Waals surface area contributed by atoms with Crippen LogP contribution in [0.2, 0.25) is 0 Å². The molecule has 0 aliphatic rings. The molecule has 70 valence electrons. The Kier molecular flexibility index (Phi) is 4.85. The van der Waals surface area contributed by atoms with E-state index in [2.05, 4.69) is 4.99 Å². The zero-order chi connectivity index (χ0) is 9.83. The fourth-order valence-corrected chi connectivity index (χ4v) is 0.862. The standard InChI is InChI=1S/C5H5Cl4NO2/c1-2-12-5(9,10-3-11)4(6,7)8/h2H2,1H3. The minimum Gasteiger partial charge on any atom is -0.338 e. The van der Waals surface area contributed by atoms with Crippen LogP contribution >= 0.6 is 46.4 Å². The van der Waals surface area contributed by atoms with E-state index < -0.39 is 8.98 Å². The van der Waals surface area contributed by atoms with Crippen molar-refractivity contribution in [3.63, 3.8) is 0 Å². The average molecular weight is 253 g/mol. The van der Waals surface area contributed by atoms with Crippen molar-refractivity contribution in [2.24, 2.45) is 4.99 Å². The molecule has 1 unspecified atom stereocenters. The maximum atomic E-state index is 9.91. The van der Waals surface area contributed by atoms with Crippen molar-refractivity contribution in [3.8, 4) is 0 Å². The van der Waals surface area contributed by atoms with Gasteiger partial charge in [0, 0.05) is 6.61 Å². The second-order valence-electron chi connectivity index (χ2n) is 1.70. The van der Waals surface area contributed by atoms with Crippen molar-refractivity contribution in [1.82, 2.24) is 0 Å². The van der Waals surface area contributed by atoms with Crippen LogP contribution in [-0.4, -0.2) is 21.7 Å². The van der Waals surface area contributed by atoms with Gasteiger partial charge in [0.25, 0.3) is 8.98 Å². The number of nitrogens with zero attached hydrogens (tertiary/aromatic N) is 1. The van der Waals surface area contributed by atoms with Crippen LogP contribution in [0, 0.1) is 0 Å². The van der Waals surface area contributed by atoms with Crippen molar-refractivity contribution in [1.29, 1.82) is 0 Å². The molecule has 0 spiro atoms. The van der Waals surface area contributed by atoms with Gasteiger partial charge in [-0.25, -0.2) is 4.79 Å². The number of aliphatic imine (C=N–C) groups is 1. The van der Waals surface area contributed by atoms with Gasteiger partial charge < -0.3 is 4.74 Å². The first kappa shape index (κ1) is 12.5. The first-order chi connectivity index (χ1) is 5.37. The maximum absolute atomic E-state index is 9.91. The number of ether oxygens (including phenoxy) is 1. The SMILES string of the molecule is CCOC(Cl)(N=C=O)C(Cl)(Cl)Cl. The fraction of sp³-hybridized carbons (Fsp3) is 0.800. The van der Waals surface area contributed by atoms with Gasteiger partial charge in [0.05, 0.1) is 0 Å². The van der Waals surface area contributed by atoms with Crippen molar-refractivity contribution in [2.45, 2.75) is 15.9 Å². The second-order valence-corrected chi connectivity index (χ2v) is 4.49. The third-order valence-electron chi connectivity index (χ3n) is 0.875. The van der Waals surface area contributed by atoms with E-state index in [0.29, 0.717) is 0 Å². The quantitative estimate of drug-likeness (QED) is 0.335. The molecule has 0 aromatic rings. The van der Waals surface area contributed by atoms with E-state index in [1.54, 1.807) is 6.92 Å². The summed E-state index contributed by atoms with van der Waals surface area (Å²) in [5.74, 6) is 0. The normalized spacial score (nSPS) is 16.4. The second kappa shape index (κ2) is 4.66. The summed E-state index contributed by atoms with van der Waals surface area (Å²) < 4.78 is 2.76. The van der Waals surface area contributed by atoms with E-state index in [9.17, 15) is 4.79 Å². The van der Waals surface area contributed by atoms with Gasteiger partial charge in [0.2, 0.25) is 6.08 Å². The Morgan fingerprint density at radius 2 is 1.92 bits per heavy atom. The Hall–Kier alpha value is 0.500. The molecule has 0 N–H and O–H groups in total. The minimum absolute atomic E-state index is 0.155. The number of isocyanates is 1. The molecule has 12 heavy (non-hydrogen) atoms. The van der Waals surface area contributed by atoms with Crippen LogP contribution in [0.3, 0.4) is 0 Å². The van der Waals surface area contributed by atoms with Gasteiger partial charge in [-0.05, 0) is 6.92 Å². The van der Waals surface area contributed by atoms with Crippen LogP contribution in [0.5, 0.6) is 0 Å². The zero-order valence-corrected chi connectivity index (χ0v) is 9.01. The van der Waals surface area contributed by atoms with Crippen LogP contribution in [0.1, 0.15) is 6.92 Å². The van der Waals surface area contributed by atoms with Crippen LogP contribution < -0.4 is 0 Å². The summed E-state index contributed by atoms with van der Waals surface area (Å²) in [4.78, 5) is 13.0. The molecular formula is C5H5Cl4NO2. The van der Waals surface area contributed by atoms with Gasteiger partial charge in [-0.1, -0.05) is 46.4 Å². The molecule has 0 fully saturated rings. The summed E-state index contributed by atoms with van der Waals surface area (Å²) in [6.45, 7) is 1.77. The molecule has 0 aliphatic carbocycles. The van der Waals surface area contributed by atoms with E-state index in [1.165, 1.54) is 0 Å². The highest BCUT2D eigenvalue weighted by atomic mass is 35.6. The largest absolute Gasteiger partial charge is 0.338 e. The molecule has 0 aliphatic heterocycles. The number of hydrogen-bond acceptors (Lipinski definition) is 3. The molecule has 0 aromatic carbocycles. The first-order valence-corrected chi connectivity index (χ1v) is 4.37. The van der Waals surface area contributed by atoms with Crippen molar-refractivity contribution in [3.05, 3.63) is 0 Å². The van der Waals surface area contributed by atoms with Gasteiger partial charge >= 0.3 is 0 Å². The van der Waals surface area contributed by atoms with Crippen molar-refractivity contribution >= 4 is 52.5 Å². The molecule has 0 rings (SSSR count). The Bertz CT molecular complexity index is 198. The van der Waals surface area contributed by atoms with E-state index in [0.717, 1.165) is 6.08 Å². The topological polar surface area (TPSA) is 38.7 Å². The zero-order valence-electron chi connectivity index (χ0n) is 5.98. The lowest BCUT2D eigenvalue weighted by Gasteiger charge is -2.27. The van der Waals surface area contributed by atoms with Gasteiger partial charge in [0.1, 0.15) is 0 Å². The van der Waals surface area contributed by atoms with Gasteiger partial charge in [-0.15, -0.1) is 4.99 Å². The molecule has 0 amide bonds. The van der Waals surface area contributed by atoms with Crippen LogP contribution in [-0.2, 0) is 9.53 Å². The number of halogens is 4. The van der Waals surface area contributed by atoms with Gasteiger partial charge in [-0.3, -0.25) is 0 Å². The maximum Gasteiger partial charge on any atom is 0.295 e. The minimum atomic E-state index is -2.01. The van der Waals surface area contributed by atoms with Crippen molar-refractivity contribution < 1.29 is 9.53 Å². The Labute approximate surface area is 89.6 Å². The molecule has 3 nitrogen and oxygen atoms in total. The predicted octanol–water partition coefficient (Wildman–Crippen LogP) is 2.62. The number of hydrogen-bond donors (Lipinski definition) is 0. The molecule has 0 aromatic heterocycles. The lowest BCUT2D eigenvalue weighted by atomic mass is 10.6. The number of rotatable bonds is 3. The molecule has 0 radical (unpaired) electrons. The summed E-state index contributed by atoms with van der Waals surface area (Å²) in [6, 6.07) is 0. The number of alkyl halides is 4. The van der Waals surface area contributed by atoms with E-state index in [4.69, 9.17) is 51.1 Å². The summed E-state index contributed by atoms with van der Waals surface area (Å²) in [6.07, 6.45) is 1.16. The van der Waals surface area contributed by atoms with Crippen LogP contribution in [0.15, 0.2) is 4.99 Å². The third kappa shape index (κ3) is 3.09. The lowest BCUT2D eigenvalue weighted by Crippen LogP contribution is -2.38. The van der Waals surface area contributed by atoms with Crippen molar-refractivity contribution in [2.75, 3.05) is 6.61 Å². The summed E-state index contributed by atoms with van der Waals surface area (Å²) in [5.41, 5.74) is 0. The fourth-order valence-electron chi connectivity index (χ4n) is 0.427. The monoisotopic (exact) mass is 251 g/mol. The molecule has 0 saturated heterocycles. The Morgan fingerprint density at radius 1 is 1.42 bits per heavy atom. The first-order valence-electron chi connectivity index (χ1n) is 2.86. The molecule has 0 heterocycles. The summed E-state index contributed by atoms with van der Waals surface area (Å²) in [7, 11) is 0. The third-order valence-corrected chi connectivity index (χ3v) is 2.41. The predicted molar refractivity (Wildman–Crippen MR) is 48.6 cm³/mol. The smallest absolute Gasteiger partial charge is 0.295 e. The van der Waals surface area contributed by atoms with Gasteiger partial charge in [-0.2, -0.15) is 0 Å².